The fourth-order valence-corrected chi connectivity index (χ4v) is 7.33. The smallest absolute Gasteiger partial charge is 0.253 e. The highest BCUT2D eigenvalue weighted by atomic mass is 35.5. The minimum Gasteiger partial charge on any atom is -0.495 e. The molecule has 1 aromatic heterocycles. The molecule has 3 heterocycles. The predicted molar refractivity (Wildman–Crippen MR) is 167 cm³/mol. The van der Waals surface area contributed by atoms with Gasteiger partial charge >= 0.3 is 0 Å². The predicted octanol–water partition coefficient (Wildman–Crippen LogP) is 7.14. The van der Waals surface area contributed by atoms with Crippen LogP contribution in [0.25, 0.3) is 10.9 Å². The summed E-state index contributed by atoms with van der Waals surface area (Å²) in [6.45, 7) is 2.22. The first-order valence-electron chi connectivity index (χ1n) is 15.0. The second kappa shape index (κ2) is 12.7. The van der Waals surface area contributed by atoms with E-state index in [0.717, 1.165) is 60.1 Å². The van der Waals surface area contributed by atoms with E-state index in [2.05, 4.69) is 14.8 Å². The van der Waals surface area contributed by atoms with Gasteiger partial charge in [0.25, 0.3) is 5.91 Å². The van der Waals surface area contributed by atoms with Gasteiger partial charge in [-0.25, -0.2) is 0 Å². The molecule has 3 aromatic carbocycles. The first-order valence-corrected chi connectivity index (χ1v) is 15.4. The van der Waals surface area contributed by atoms with Gasteiger partial charge in [-0.15, -0.1) is 0 Å². The van der Waals surface area contributed by atoms with Crippen molar-refractivity contribution in [1.29, 1.82) is 0 Å². The topological polar surface area (TPSA) is 63.6 Å². The van der Waals surface area contributed by atoms with E-state index in [1.807, 2.05) is 79.0 Å². The number of amides is 1. The van der Waals surface area contributed by atoms with E-state index in [1.54, 1.807) is 7.11 Å². The number of ether oxygens (including phenoxy) is 1. The number of methoxy groups -OCH3 is 1. The summed E-state index contributed by atoms with van der Waals surface area (Å²) in [7, 11) is 1.68. The quantitative estimate of drug-likeness (QED) is 0.191. The number of fused-ring (bicyclic) bond motifs is 3. The maximum atomic E-state index is 13.3. The number of hydrogen-bond acceptors (Lipinski definition) is 4. The SMILES string of the molecule is COc1cccc2c(C(=O)NCc3cccc(Cl)c3)cn(CCCN3[C@@H]4CC[C@H]3C[C@@H](CC(=O)c3ccccc3)C4)c12. The Morgan fingerprint density at radius 1 is 0.952 bits per heavy atom. The highest BCUT2D eigenvalue weighted by Gasteiger charge is 2.40. The number of nitrogens with zero attached hydrogens (tertiary/aromatic N) is 2. The molecule has 0 spiro atoms. The Kier molecular flexibility index (Phi) is 8.63. The molecule has 2 aliphatic rings. The second-order valence-electron chi connectivity index (χ2n) is 11.7. The van der Waals surface area contributed by atoms with Crippen molar-refractivity contribution in [1.82, 2.24) is 14.8 Å². The lowest BCUT2D eigenvalue weighted by atomic mass is 9.85. The van der Waals surface area contributed by atoms with Crippen molar-refractivity contribution in [2.45, 2.75) is 63.7 Å². The normalized spacial score (nSPS) is 20.1. The highest BCUT2D eigenvalue weighted by Crippen LogP contribution is 2.40. The second-order valence-corrected chi connectivity index (χ2v) is 12.1. The van der Waals surface area contributed by atoms with Gasteiger partial charge in [-0.3, -0.25) is 14.5 Å². The molecule has 2 saturated heterocycles. The number of hydrogen-bond donors (Lipinski definition) is 1. The molecule has 1 amide bonds. The van der Waals surface area contributed by atoms with Crippen LogP contribution in [0.5, 0.6) is 5.75 Å². The van der Waals surface area contributed by atoms with Crippen molar-refractivity contribution in [2.24, 2.45) is 5.92 Å². The van der Waals surface area contributed by atoms with E-state index in [-0.39, 0.29) is 11.7 Å². The first kappa shape index (κ1) is 28.5. The Balaban J connectivity index is 1.10. The lowest BCUT2D eigenvalue weighted by molar-refractivity contribution is 0.0807. The monoisotopic (exact) mass is 583 g/mol. The maximum absolute atomic E-state index is 13.3. The molecule has 0 unspecified atom stereocenters. The lowest BCUT2D eigenvalue weighted by Gasteiger charge is -2.39. The summed E-state index contributed by atoms with van der Waals surface area (Å²) in [5.41, 5.74) is 3.39. The molecule has 2 bridgehead atoms. The summed E-state index contributed by atoms with van der Waals surface area (Å²) >= 11 is 6.12. The molecule has 4 aromatic rings. The number of rotatable bonds is 11. The van der Waals surface area contributed by atoms with Crippen LogP contribution in [-0.2, 0) is 13.1 Å². The Morgan fingerprint density at radius 2 is 1.71 bits per heavy atom. The van der Waals surface area contributed by atoms with Gasteiger partial charge in [-0.1, -0.05) is 66.2 Å². The van der Waals surface area contributed by atoms with E-state index in [1.165, 1.54) is 12.8 Å². The molecule has 6 nitrogen and oxygen atoms in total. The fraction of sp³-hybridized carbons (Fsp3) is 0.371. The molecule has 1 N–H and O–H groups in total. The summed E-state index contributed by atoms with van der Waals surface area (Å²) in [6.07, 6.45) is 8.25. The number of aromatic nitrogens is 1. The molecule has 0 saturated carbocycles. The van der Waals surface area contributed by atoms with Crippen LogP contribution in [-0.4, -0.2) is 46.9 Å². The standard InChI is InChI=1S/C35H38ClN3O3/c1-42-33-13-6-12-30-31(35(41)37-22-24-8-5-11-27(36)18-24)23-38(34(30)33)16-7-17-39-28-14-15-29(39)20-25(19-28)21-32(40)26-9-3-2-4-10-26/h2-6,8-13,18,23,25,28-29H,7,14-17,19-22H2,1H3,(H,37,41)/t25-,28+,29-. The zero-order valence-electron chi connectivity index (χ0n) is 24.1. The van der Waals surface area contributed by atoms with Crippen LogP contribution in [0.1, 0.15) is 64.8 Å². The van der Waals surface area contributed by atoms with E-state index in [4.69, 9.17) is 16.3 Å². The van der Waals surface area contributed by atoms with Gasteiger partial charge in [0.05, 0.1) is 18.2 Å². The Bertz CT molecular complexity index is 1550. The number of carbonyl (C=O) groups is 2. The lowest BCUT2D eigenvalue weighted by Crippen LogP contribution is -2.43. The number of carbonyl (C=O) groups excluding carboxylic acids is 2. The zero-order chi connectivity index (χ0) is 29.1. The third-order valence-corrected chi connectivity index (χ3v) is 9.27. The highest BCUT2D eigenvalue weighted by molar-refractivity contribution is 6.30. The van der Waals surface area contributed by atoms with Crippen molar-refractivity contribution in [3.8, 4) is 5.75 Å². The van der Waals surface area contributed by atoms with Crippen molar-refractivity contribution >= 4 is 34.2 Å². The molecule has 0 aliphatic carbocycles. The van der Waals surface area contributed by atoms with Gasteiger partial charge in [0.1, 0.15) is 5.75 Å². The summed E-state index contributed by atoms with van der Waals surface area (Å²) in [5.74, 6) is 1.40. The van der Waals surface area contributed by atoms with Crippen LogP contribution in [0, 0.1) is 5.92 Å². The Morgan fingerprint density at radius 3 is 2.45 bits per heavy atom. The van der Waals surface area contributed by atoms with Crippen LogP contribution in [0.3, 0.4) is 0 Å². The van der Waals surface area contributed by atoms with Crippen molar-refractivity contribution < 1.29 is 14.3 Å². The van der Waals surface area contributed by atoms with Crippen LogP contribution in [0.4, 0.5) is 0 Å². The number of aryl methyl sites for hydroxylation is 1. The van der Waals surface area contributed by atoms with Gasteiger partial charge in [0.2, 0.25) is 0 Å². The minimum atomic E-state index is -0.114. The average Bonchev–Trinajstić information content (AvgIpc) is 3.49. The van der Waals surface area contributed by atoms with Gasteiger partial charge in [0, 0.05) is 60.3 Å². The molecule has 2 fully saturated rings. The maximum Gasteiger partial charge on any atom is 0.253 e. The Hall–Kier alpha value is -3.61. The molecule has 3 atom stereocenters. The van der Waals surface area contributed by atoms with E-state index in [0.29, 0.717) is 41.6 Å². The summed E-state index contributed by atoms with van der Waals surface area (Å²) in [4.78, 5) is 28.8. The number of benzene rings is 3. The molecule has 2 aliphatic heterocycles. The first-order chi connectivity index (χ1) is 20.5. The van der Waals surface area contributed by atoms with Gasteiger partial charge < -0.3 is 14.6 Å². The van der Waals surface area contributed by atoms with Crippen LogP contribution in [0.2, 0.25) is 5.02 Å². The number of ketones is 1. The summed E-state index contributed by atoms with van der Waals surface area (Å²) in [5, 5.41) is 4.60. The largest absolute Gasteiger partial charge is 0.495 e. The number of piperidine rings is 1. The molecule has 7 heteroatoms. The molecule has 218 valence electrons. The number of halogens is 1. The third-order valence-electron chi connectivity index (χ3n) is 9.04. The van der Waals surface area contributed by atoms with Crippen LogP contribution >= 0.6 is 11.6 Å². The summed E-state index contributed by atoms with van der Waals surface area (Å²) in [6, 6.07) is 24.2. The molecular weight excluding hydrogens is 546 g/mol. The van der Waals surface area contributed by atoms with Crippen molar-refractivity contribution in [3.63, 3.8) is 0 Å². The van der Waals surface area contributed by atoms with Crippen LogP contribution < -0.4 is 10.1 Å². The Labute approximate surface area is 252 Å². The van der Waals surface area contributed by atoms with E-state index < -0.39 is 0 Å². The number of Topliss-reactive ketones (excluding diaryl/α,β-unsaturated/α-hetero) is 1. The van der Waals surface area contributed by atoms with Crippen molar-refractivity contribution in [2.75, 3.05) is 13.7 Å². The number of para-hydroxylation sites is 1. The van der Waals surface area contributed by atoms with E-state index >= 15 is 0 Å². The molecule has 0 radical (unpaired) electrons. The molecule has 6 rings (SSSR count). The third kappa shape index (κ3) is 6.11. The van der Waals surface area contributed by atoms with Gasteiger partial charge in [0.15, 0.2) is 5.78 Å². The van der Waals surface area contributed by atoms with Gasteiger partial charge in [-0.2, -0.15) is 0 Å². The van der Waals surface area contributed by atoms with Crippen LogP contribution in [0.15, 0.2) is 79.0 Å². The van der Waals surface area contributed by atoms with Crippen molar-refractivity contribution in [3.05, 3.63) is 101 Å². The number of nitrogens with one attached hydrogen (secondary N) is 1. The zero-order valence-corrected chi connectivity index (χ0v) is 24.9. The minimum absolute atomic E-state index is 0.114. The summed E-state index contributed by atoms with van der Waals surface area (Å²) < 4.78 is 7.89. The molecular formula is C35H38ClN3O3. The molecule has 42 heavy (non-hydrogen) atoms. The fourth-order valence-electron chi connectivity index (χ4n) is 7.12. The van der Waals surface area contributed by atoms with Gasteiger partial charge in [-0.05, 0) is 61.8 Å². The van der Waals surface area contributed by atoms with E-state index in [9.17, 15) is 9.59 Å². The average molecular weight is 584 g/mol.